The van der Waals surface area contributed by atoms with Crippen molar-refractivity contribution in [1.82, 2.24) is 5.32 Å². The molecule has 1 aliphatic rings. The zero-order valence-corrected chi connectivity index (χ0v) is 16.4. The molecule has 2 aromatic rings. The fourth-order valence-electron chi connectivity index (χ4n) is 3.02. The van der Waals surface area contributed by atoms with Gasteiger partial charge in [0.15, 0.2) is 0 Å². The summed E-state index contributed by atoms with van der Waals surface area (Å²) in [4.78, 5) is 51.0. The number of non-ortho nitro benzene ring substituents is 1. The Morgan fingerprint density at radius 3 is 2.47 bits per heavy atom. The van der Waals surface area contributed by atoms with Crippen molar-refractivity contribution in [2.24, 2.45) is 0 Å². The van der Waals surface area contributed by atoms with Gasteiger partial charge in [-0.05, 0) is 24.3 Å². The highest BCUT2D eigenvalue weighted by molar-refractivity contribution is 6.39. The maximum absolute atomic E-state index is 13.1. The third-order valence-corrected chi connectivity index (χ3v) is 4.43. The van der Waals surface area contributed by atoms with Gasteiger partial charge in [-0.3, -0.25) is 25.0 Å². The molecule has 0 bridgehead atoms. The normalized spacial score (nSPS) is 15.2. The number of nitro benzene ring substituents is 1. The van der Waals surface area contributed by atoms with Crippen LogP contribution in [-0.4, -0.2) is 44.0 Å². The predicted octanol–water partition coefficient (Wildman–Crippen LogP) is 2.34. The number of nitro groups is 1. The van der Waals surface area contributed by atoms with E-state index in [0.717, 1.165) is 4.90 Å². The van der Waals surface area contributed by atoms with Crippen molar-refractivity contribution in [2.45, 2.75) is 0 Å². The minimum Gasteiger partial charge on any atom is -0.495 e. The van der Waals surface area contributed by atoms with E-state index in [0.29, 0.717) is 5.69 Å². The SMILES string of the molecule is COc1ccccc1N1C(=O)NC(=O)/C(=C/c2cc([N+](=O)[O-])ccc2N(C)C)C1=O. The lowest BCUT2D eigenvalue weighted by atomic mass is 10.0. The molecule has 2 aromatic carbocycles. The Morgan fingerprint density at radius 2 is 1.83 bits per heavy atom. The lowest BCUT2D eigenvalue weighted by Gasteiger charge is -2.27. The molecular weight excluding hydrogens is 392 g/mol. The predicted molar refractivity (Wildman–Crippen MR) is 109 cm³/mol. The van der Waals surface area contributed by atoms with Crippen LogP contribution in [0, 0.1) is 10.1 Å². The lowest BCUT2D eigenvalue weighted by Crippen LogP contribution is -2.54. The van der Waals surface area contributed by atoms with Crippen molar-refractivity contribution in [1.29, 1.82) is 0 Å². The molecule has 1 saturated heterocycles. The van der Waals surface area contributed by atoms with Crippen LogP contribution in [-0.2, 0) is 9.59 Å². The quantitative estimate of drug-likeness (QED) is 0.347. The Morgan fingerprint density at radius 1 is 1.13 bits per heavy atom. The monoisotopic (exact) mass is 410 g/mol. The molecule has 0 saturated carbocycles. The first-order valence-electron chi connectivity index (χ1n) is 8.75. The van der Waals surface area contributed by atoms with Gasteiger partial charge in [0.05, 0.1) is 17.7 Å². The Labute approximate surface area is 171 Å². The maximum Gasteiger partial charge on any atom is 0.336 e. The van der Waals surface area contributed by atoms with Crippen molar-refractivity contribution in [2.75, 3.05) is 31.0 Å². The summed E-state index contributed by atoms with van der Waals surface area (Å²) in [6.45, 7) is 0. The van der Waals surface area contributed by atoms with E-state index in [2.05, 4.69) is 5.32 Å². The van der Waals surface area contributed by atoms with Gasteiger partial charge in [-0.2, -0.15) is 0 Å². The third-order valence-electron chi connectivity index (χ3n) is 4.43. The largest absolute Gasteiger partial charge is 0.495 e. The van der Waals surface area contributed by atoms with Gasteiger partial charge in [0, 0.05) is 37.5 Å². The molecule has 0 aliphatic carbocycles. The number of amides is 4. The zero-order valence-electron chi connectivity index (χ0n) is 16.4. The van der Waals surface area contributed by atoms with Gasteiger partial charge in [0.25, 0.3) is 17.5 Å². The molecule has 10 heteroatoms. The summed E-state index contributed by atoms with van der Waals surface area (Å²) in [5.74, 6) is -1.50. The number of imide groups is 2. The van der Waals surface area contributed by atoms with Crippen LogP contribution < -0.4 is 19.9 Å². The number of ether oxygens (including phenoxy) is 1. The number of urea groups is 1. The van der Waals surface area contributed by atoms with Crippen molar-refractivity contribution in [3.8, 4) is 5.75 Å². The molecule has 1 aliphatic heterocycles. The molecule has 0 aromatic heterocycles. The van der Waals surface area contributed by atoms with E-state index in [1.165, 1.54) is 37.5 Å². The summed E-state index contributed by atoms with van der Waals surface area (Å²) in [7, 11) is 4.83. The van der Waals surface area contributed by atoms with Gasteiger partial charge in [-0.15, -0.1) is 0 Å². The topological polar surface area (TPSA) is 122 Å². The number of carbonyl (C=O) groups is 3. The first kappa shape index (κ1) is 20.5. The summed E-state index contributed by atoms with van der Waals surface area (Å²) in [5, 5.41) is 13.3. The highest BCUT2D eigenvalue weighted by Gasteiger charge is 2.38. The minimum atomic E-state index is -0.918. The van der Waals surface area contributed by atoms with E-state index >= 15 is 0 Å². The van der Waals surface area contributed by atoms with E-state index < -0.39 is 22.8 Å². The average molecular weight is 410 g/mol. The van der Waals surface area contributed by atoms with Crippen molar-refractivity contribution in [3.63, 3.8) is 0 Å². The van der Waals surface area contributed by atoms with Gasteiger partial charge in [-0.25, -0.2) is 9.69 Å². The van der Waals surface area contributed by atoms with E-state index in [9.17, 15) is 24.5 Å². The number of carbonyl (C=O) groups excluding carboxylic acids is 3. The summed E-state index contributed by atoms with van der Waals surface area (Å²) < 4.78 is 5.21. The molecule has 0 unspecified atom stereocenters. The standard InChI is InChI=1S/C20H18N4O6/c1-22(2)15-9-8-13(24(28)29)10-12(15)11-14-18(25)21-20(27)23(19(14)26)16-6-4-5-7-17(16)30-3/h4-11H,1-3H3,(H,21,25,27)/b14-11-. The van der Waals surface area contributed by atoms with Crippen molar-refractivity contribution in [3.05, 3.63) is 63.7 Å². The molecule has 1 fully saturated rings. The number of barbiturate groups is 1. The van der Waals surface area contributed by atoms with Crippen LogP contribution in [0.25, 0.3) is 6.08 Å². The van der Waals surface area contributed by atoms with E-state index in [1.54, 1.807) is 37.2 Å². The van der Waals surface area contributed by atoms with Gasteiger partial charge in [0.1, 0.15) is 11.3 Å². The number of para-hydroxylation sites is 2. The fraction of sp³-hybridized carbons (Fsp3) is 0.150. The van der Waals surface area contributed by atoms with Gasteiger partial charge >= 0.3 is 6.03 Å². The number of nitrogens with one attached hydrogen (secondary N) is 1. The van der Waals surface area contributed by atoms with Crippen molar-refractivity contribution >= 4 is 41.0 Å². The van der Waals surface area contributed by atoms with Crippen molar-refractivity contribution < 1.29 is 24.0 Å². The van der Waals surface area contributed by atoms with Gasteiger partial charge < -0.3 is 9.64 Å². The smallest absolute Gasteiger partial charge is 0.336 e. The third kappa shape index (κ3) is 3.70. The number of rotatable bonds is 5. The molecule has 3 rings (SSSR count). The molecule has 0 atom stereocenters. The lowest BCUT2D eigenvalue weighted by molar-refractivity contribution is -0.384. The molecule has 154 valence electrons. The van der Waals surface area contributed by atoms with Crippen LogP contribution in [0.1, 0.15) is 5.56 Å². The molecule has 0 radical (unpaired) electrons. The molecular formula is C20H18N4O6. The van der Waals surface area contributed by atoms with Crippen LogP contribution in [0.3, 0.4) is 0 Å². The number of benzene rings is 2. The molecule has 10 nitrogen and oxygen atoms in total. The summed E-state index contributed by atoms with van der Waals surface area (Å²) in [5.41, 5.74) is 0.446. The van der Waals surface area contributed by atoms with Crippen LogP contribution >= 0.6 is 0 Å². The minimum absolute atomic E-state index is 0.160. The number of hydrogen-bond acceptors (Lipinski definition) is 7. The highest BCUT2D eigenvalue weighted by Crippen LogP contribution is 2.32. The van der Waals surface area contributed by atoms with Crippen LogP contribution in [0.5, 0.6) is 5.75 Å². The first-order chi connectivity index (χ1) is 14.2. The van der Waals surface area contributed by atoms with Crippen LogP contribution in [0.15, 0.2) is 48.0 Å². The Bertz CT molecular complexity index is 1090. The second-order valence-corrected chi connectivity index (χ2v) is 6.52. The molecule has 0 spiro atoms. The Balaban J connectivity index is 2.14. The highest BCUT2D eigenvalue weighted by atomic mass is 16.6. The second-order valence-electron chi connectivity index (χ2n) is 6.52. The number of methoxy groups -OCH3 is 1. The Hall–Kier alpha value is -4.21. The second kappa shape index (κ2) is 8.03. The zero-order chi connectivity index (χ0) is 22.0. The van der Waals surface area contributed by atoms with Gasteiger partial charge in [-0.1, -0.05) is 12.1 Å². The molecule has 4 amide bonds. The maximum atomic E-state index is 13.1. The number of hydrogen-bond donors (Lipinski definition) is 1. The molecule has 1 N–H and O–H groups in total. The number of nitrogens with zero attached hydrogens (tertiary/aromatic N) is 3. The molecule has 1 heterocycles. The first-order valence-corrected chi connectivity index (χ1v) is 8.75. The number of anilines is 2. The average Bonchev–Trinajstić information content (AvgIpc) is 2.71. The van der Waals surface area contributed by atoms with Gasteiger partial charge in [0.2, 0.25) is 0 Å². The summed E-state index contributed by atoms with van der Waals surface area (Å²) in [6, 6.07) is 9.53. The van der Waals surface area contributed by atoms with Crippen LogP contribution in [0.2, 0.25) is 0 Å². The van der Waals surface area contributed by atoms with E-state index in [-0.39, 0.29) is 28.3 Å². The summed E-state index contributed by atoms with van der Waals surface area (Å²) in [6.07, 6.45) is 1.23. The van der Waals surface area contributed by atoms with E-state index in [1.807, 2.05) is 0 Å². The molecule has 30 heavy (non-hydrogen) atoms. The van der Waals surface area contributed by atoms with Crippen LogP contribution in [0.4, 0.5) is 21.9 Å². The Kier molecular flexibility index (Phi) is 5.50. The summed E-state index contributed by atoms with van der Waals surface area (Å²) >= 11 is 0. The van der Waals surface area contributed by atoms with E-state index in [4.69, 9.17) is 4.74 Å². The fourth-order valence-corrected chi connectivity index (χ4v) is 3.02.